The third-order valence-corrected chi connectivity index (χ3v) is 6.63. The molecule has 194 valence electrons. The van der Waals surface area contributed by atoms with Crippen LogP contribution in [-0.4, -0.2) is 73.5 Å². The average Bonchev–Trinajstić information content (AvgIpc) is 3.14. The van der Waals surface area contributed by atoms with Crippen LogP contribution in [0, 0.1) is 0 Å². The summed E-state index contributed by atoms with van der Waals surface area (Å²) in [4.78, 5) is 32.3. The molecule has 1 aliphatic heterocycles. The van der Waals surface area contributed by atoms with Gasteiger partial charge < -0.3 is 24.5 Å². The van der Waals surface area contributed by atoms with Crippen molar-refractivity contribution in [2.45, 2.75) is 39.7 Å². The van der Waals surface area contributed by atoms with E-state index in [0.29, 0.717) is 24.5 Å². The van der Waals surface area contributed by atoms with Crippen LogP contribution in [0.5, 0.6) is 5.75 Å². The SMILES string of the molecule is CCCOc1ccc(C(O)=C2C(=O)C(=O)N(CCCN(CC)CC)C2c2ccc(N(C)C)cc2)cc1. The lowest BCUT2D eigenvalue weighted by Crippen LogP contribution is -2.33. The Balaban J connectivity index is 1.99. The van der Waals surface area contributed by atoms with Crippen molar-refractivity contribution in [1.29, 1.82) is 0 Å². The summed E-state index contributed by atoms with van der Waals surface area (Å²) in [5.41, 5.74) is 2.42. The summed E-state index contributed by atoms with van der Waals surface area (Å²) in [6, 6.07) is 14.1. The van der Waals surface area contributed by atoms with Crippen LogP contribution in [-0.2, 0) is 9.59 Å². The number of aliphatic hydroxyl groups is 1. The monoisotopic (exact) mass is 493 g/mol. The van der Waals surface area contributed by atoms with Gasteiger partial charge in [0.15, 0.2) is 0 Å². The van der Waals surface area contributed by atoms with Gasteiger partial charge in [0, 0.05) is 31.9 Å². The molecule has 2 aromatic rings. The van der Waals surface area contributed by atoms with E-state index < -0.39 is 17.7 Å². The van der Waals surface area contributed by atoms with Crippen molar-refractivity contribution < 1.29 is 19.4 Å². The fourth-order valence-corrected chi connectivity index (χ4v) is 4.50. The zero-order chi connectivity index (χ0) is 26.2. The predicted molar refractivity (Wildman–Crippen MR) is 144 cm³/mol. The number of nitrogens with zero attached hydrogens (tertiary/aromatic N) is 3. The second-order valence-electron chi connectivity index (χ2n) is 9.23. The van der Waals surface area contributed by atoms with Crippen LogP contribution in [0.15, 0.2) is 54.1 Å². The van der Waals surface area contributed by atoms with Crippen LogP contribution in [0.4, 0.5) is 5.69 Å². The predicted octanol–water partition coefficient (Wildman–Crippen LogP) is 4.70. The molecule has 1 atom stereocenters. The molecular weight excluding hydrogens is 454 g/mol. The van der Waals surface area contributed by atoms with Gasteiger partial charge >= 0.3 is 0 Å². The first-order valence-electron chi connectivity index (χ1n) is 12.8. The van der Waals surface area contributed by atoms with Gasteiger partial charge in [-0.3, -0.25) is 9.59 Å². The summed E-state index contributed by atoms with van der Waals surface area (Å²) in [6.45, 7) is 10.00. The van der Waals surface area contributed by atoms with E-state index >= 15 is 0 Å². The molecule has 1 heterocycles. The highest BCUT2D eigenvalue weighted by molar-refractivity contribution is 6.46. The van der Waals surface area contributed by atoms with Crippen molar-refractivity contribution in [3.63, 3.8) is 0 Å². The number of hydrogen-bond donors (Lipinski definition) is 1. The summed E-state index contributed by atoms with van der Waals surface area (Å²) in [5.74, 6) is -0.687. The first-order chi connectivity index (χ1) is 17.3. The second kappa shape index (κ2) is 12.6. The van der Waals surface area contributed by atoms with Crippen molar-refractivity contribution in [2.75, 3.05) is 51.8 Å². The second-order valence-corrected chi connectivity index (χ2v) is 9.23. The van der Waals surface area contributed by atoms with Gasteiger partial charge in [-0.25, -0.2) is 0 Å². The number of anilines is 1. The van der Waals surface area contributed by atoms with E-state index in [4.69, 9.17) is 4.74 Å². The molecule has 0 bridgehead atoms. The van der Waals surface area contributed by atoms with Crippen molar-refractivity contribution in [3.05, 3.63) is 65.2 Å². The molecule has 1 unspecified atom stereocenters. The summed E-state index contributed by atoms with van der Waals surface area (Å²) >= 11 is 0. The Morgan fingerprint density at radius 2 is 1.61 bits per heavy atom. The average molecular weight is 494 g/mol. The Labute approximate surface area is 215 Å². The molecule has 2 aromatic carbocycles. The van der Waals surface area contributed by atoms with Gasteiger partial charge in [-0.2, -0.15) is 0 Å². The van der Waals surface area contributed by atoms with Gasteiger partial charge in [-0.15, -0.1) is 0 Å². The van der Waals surface area contributed by atoms with Crippen LogP contribution in [0.1, 0.15) is 50.8 Å². The number of carbonyl (C=O) groups is 2. The van der Waals surface area contributed by atoms with E-state index in [9.17, 15) is 14.7 Å². The van der Waals surface area contributed by atoms with Gasteiger partial charge in [-0.1, -0.05) is 32.9 Å². The number of likely N-dealkylation sites (tertiary alicyclic amines) is 1. The summed E-state index contributed by atoms with van der Waals surface area (Å²) < 4.78 is 5.64. The Bertz CT molecular complexity index is 1060. The number of carbonyl (C=O) groups excluding carboxylic acids is 2. The molecule has 0 radical (unpaired) electrons. The van der Waals surface area contributed by atoms with Crippen LogP contribution < -0.4 is 9.64 Å². The number of Topliss-reactive ketones (excluding diaryl/α,β-unsaturated/α-hetero) is 1. The standard InChI is InChI=1S/C29H39N3O4/c1-6-20-36-24-16-12-22(13-17-24)27(33)25-26(21-10-14-23(15-11-21)30(4)5)32(29(35)28(25)34)19-9-18-31(7-2)8-3/h10-17,26,33H,6-9,18-20H2,1-5H3. The quantitative estimate of drug-likeness (QED) is 0.263. The van der Waals surface area contributed by atoms with Crippen molar-refractivity contribution >= 4 is 23.1 Å². The zero-order valence-corrected chi connectivity index (χ0v) is 22.2. The van der Waals surface area contributed by atoms with Gasteiger partial charge in [0.2, 0.25) is 0 Å². The molecule has 7 heteroatoms. The van der Waals surface area contributed by atoms with E-state index in [-0.39, 0.29) is 11.3 Å². The lowest BCUT2D eigenvalue weighted by Gasteiger charge is -2.27. The molecule has 0 saturated carbocycles. The van der Waals surface area contributed by atoms with Crippen LogP contribution >= 0.6 is 0 Å². The van der Waals surface area contributed by atoms with E-state index in [1.165, 1.54) is 0 Å². The third kappa shape index (κ3) is 6.08. The molecule has 0 aromatic heterocycles. The zero-order valence-electron chi connectivity index (χ0n) is 22.2. The lowest BCUT2D eigenvalue weighted by molar-refractivity contribution is -0.140. The summed E-state index contributed by atoms with van der Waals surface area (Å²) in [5, 5.41) is 11.3. The molecule has 1 amide bonds. The highest BCUT2D eigenvalue weighted by Crippen LogP contribution is 2.40. The Morgan fingerprint density at radius 3 is 2.17 bits per heavy atom. The van der Waals surface area contributed by atoms with Gasteiger partial charge in [0.1, 0.15) is 11.5 Å². The minimum Gasteiger partial charge on any atom is -0.507 e. The molecule has 1 saturated heterocycles. The fourth-order valence-electron chi connectivity index (χ4n) is 4.50. The molecule has 1 fully saturated rings. The minimum atomic E-state index is -0.650. The Kier molecular flexibility index (Phi) is 9.53. The molecular formula is C29H39N3O4. The minimum absolute atomic E-state index is 0.127. The third-order valence-electron chi connectivity index (χ3n) is 6.63. The topological polar surface area (TPSA) is 73.3 Å². The highest BCUT2D eigenvalue weighted by Gasteiger charge is 2.45. The fraction of sp³-hybridized carbons (Fsp3) is 0.448. The van der Waals surface area contributed by atoms with E-state index in [1.807, 2.05) is 50.2 Å². The first-order valence-corrected chi connectivity index (χ1v) is 12.8. The number of aliphatic hydroxyl groups excluding tert-OH is 1. The molecule has 7 nitrogen and oxygen atoms in total. The number of rotatable bonds is 12. The smallest absolute Gasteiger partial charge is 0.295 e. The van der Waals surface area contributed by atoms with Crippen LogP contribution in [0.25, 0.3) is 5.76 Å². The number of amides is 1. The van der Waals surface area contributed by atoms with Gasteiger partial charge in [-0.05, 0) is 74.4 Å². The summed E-state index contributed by atoms with van der Waals surface area (Å²) in [6.07, 6.45) is 1.64. The maximum atomic E-state index is 13.3. The maximum Gasteiger partial charge on any atom is 0.295 e. The first kappa shape index (κ1) is 27.3. The maximum absolute atomic E-state index is 13.3. The van der Waals surface area contributed by atoms with E-state index in [0.717, 1.165) is 43.7 Å². The molecule has 3 rings (SSSR count). The number of ether oxygens (including phenoxy) is 1. The van der Waals surface area contributed by atoms with E-state index in [1.54, 1.807) is 29.2 Å². The molecule has 0 aliphatic carbocycles. The lowest BCUT2D eigenvalue weighted by atomic mass is 9.95. The van der Waals surface area contributed by atoms with Crippen LogP contribution in [0.2, 0.25) is 0 Å². The van der Waals surface area contributed by atoms with E-state index in [2.05, 4.69) is 18.7 Å². The summed E-state index contributed by atoms with van der Waals surface area (Å²) in [7, 11) is 3.92. The van der Waals surface area contributed by atoms with Crippen molar-refractivity contribution in [1.82, 2.24) is 9.80 Å². The normalized spacial score (nSPS) is 17.2. The number of hydrogen-bond acceptors (Lipinski definition) is 6. The van der Waals surface area contributed by atoms with Gasteiger partial charge in [0.25, 0.3) is 11.7 Å². The van der Waals surface area contributed by atoms with Gasteiger partial charge in [0.05, 0.1) is 18.2 Å². The Morgan fingerprint density at radius 1 is 0.972 bits per heavy atom. The molecule has 0 spiro atoms. The largest absolute Gasteiger partial charge is 0.507 e. The van der Waals surface area contributed by atoms with Crippen LogP contribution in [0.3, 0.4) is 0 Å². The number of ketones is 1. The molecule has 1 N–H and O–H groups in total. The molecule has 1 aliphatic rings. The Hall–Kier alpha value is -3.32. The van der Waals surface area contributed by atoms with Crippen molar-refractivity contribution in [2.24, 2.45) is 0 Å². The van der Waals surface area contributed by atoms with Crippen molar-refractivity contribution in [3.8, 4) is 5.75 Å². The number of benzene rings is 2. The molecule has 36 heavy (non-hydrogen) atoms. The highest BCUT2D eigenvalue weighted by atomic mass is 16.5.